The van der Waals surface area contributed by atoms with E-state index in [0.717, 1.165) is 5.56 Å². The van der Waals surface area contributed by atoms with Crippen molar-refractivity contribution >= 4 is 58.2 Å². The number of carbonyl (C=O) groups excluding carboxylic acids is 1. The van der Waals surface area contributed by atoms with Crippen LogP contribution >= 0.6 is 46.1 Å². The Morgan fingerprint density at radius 2 is 1.86 bits per heavy atom. The van der Waals surface area contributed by atoms with Gasteiger partial charge in [-0.25, -0.2) is 9.79 Å². The van der Waals surface area contributed by atoms with Crippen molar-refractivity contribution in [1.82, 2.24) is 4.57 Å². The zero-order valence-corrected chi connectivity index (χ0v) is 22.7. The molecular weight excluding hydrogens is 555 g/mol. The fourth-order valence-corrected chi connectivity index (χ4v) is 5.57. The number of esters is 1. The molecule has 2 aromatic heterocycles. The van der Waals surface area contributed by atoms with Gasteiger partial charge in [-0.1, -0.05) is 58.3 Å². The first kappa shape index (κ1) is 25.5. The number of ether oxygens (including phenoxy) is 1. The van der Waals surface area contributed by atoms with Crippen molar-refractivity contribution in [3.8, 4) is 11.3 Å². The Morgan fingerprint density at radius 1 is 1.11 bits per heavy atom. The summed E-state index contributed by atoms with van der Waals surface area (Å²) in [5.74, 6) is 0.545. The molecule has 1 aliphatic rings. The van der Waals surface area contributed by atoms with Crippen LogP contribution in [-0.2, 0) is 9.53 Å². The zero-order valence-electron chi connectivity index (χ0n) is 19.6. The van der Waals surface area contributed by atoms with Gasteiger partial charge in [0.25, 0.3) is 5.56 Å². The highest BCUT2D eigenvalue weighted by Gasteiger charge is 2.33. The van der Waals surface area contributed by atoms with E-state index in [1.165, 1.54) is 15.9 Å². The van der Waals surface area contributed by atoms with Crippen LogP contribution < -0.4 is 14.9 Å². The summed E-state index contributed by atoms with van der Waals surface area (Å²) in [4.78, 5) is 31.7. The van der Waals surface area contributed by atoms with Crippen LogP contribution in [0.25, 0.3) is 17.4 Å². The van der Waals surface area contributed by atoms with Crippen molar-refractivity contribution in [1.29, 1.82) is 0 Å². The highest BCUT2D eigenvalue weighted by Crippen LogP contribution is 2.32. The summed E-state index contributed by atoms with van der Waals surface area (Å²) < 4.78 is 13.2. The highest BCUT2D eigenvalue weighted by atomic mass is 35.5. The van der Waals surface area contributed by atoms with E-state index in [4.69, 9.17) is 44.0 Å². The highest BCUT2D eigenvalue weighted by molar-refractivity contribution is 7.07. The van der Waals surface area contributed by atoms with Crippen LogP contribution in [0.1, 0.15) is 31.2 Å². The number of allylic oxidation sites excluding steroid dienone is 1. The zero-order chi connectivity index (χ0) is 26.3. The number of fused-ring (bicyclic) bond motifs is 1. The van der Waals surface area contributed by atoms with Crippen LogP contribution in [0, 0.1) is 0 Å². The average Bonchev–Trinajstić information content (AvgIpc) is 3.45. The Hall–Kier alpha value is -3.10. The maximum atomic E-state index is 13.7. The third-order valence-corrected chi connectivity index (χ3v) is 7.78. The molecule has 0 radical (unpaired) electrons. The number of benzene rings is 2. The molecule has 188 valence electrons. The first-order valence-corrected chi connectivity index (χ1v) is 13.2. The Balaban J connectivity index is 1.62. The maximum absolute atomic E-state index is 13.7. The topological polar surface area (TPSA) is 73.8 Å². The first-order valence-electron chi connectivity index (χ1n) is 11.3. The largest absolute Gasteiger partial charge is 0.463 e. The molecule has 6 nitrogen and oxygen atoms in total. The smallest absolute Gasteiger partial charge is 0.338 e. The Morgan fingerprint density at radius 3 is 2.57 bits per heavy atom. The second kappa shape index (κ2) is 10.3. The number of hydrogen-bond acceptors (Lipinski definition) is 6. The van der Waals surface area contributed by atoms with E-state index < -0.39 is 12.0 Å². The fraction of sp³-hybridized carbons (Fsp3) is 0.148. The van der Waals surface area contributed by atoms with Crippen molar-refractivity contribution in [3.05, 3.63) is 112 Å². The third-order valence-electron chi connectivity index (χ3n) is 5.81. The summed E-state index contributed by atoms with van der Waals surface area (Å²) in [6.07, 6.45) is 1.66. The van der Waals surface area contributed by atoms with Crippen LogP contribution in [0.5, 0.6) is 0 Å². The molecule has 0 bridgehead atoms. The summed E-state index contributed by atoms with van der Waals surface area (Å²) in [7, 11) is 0. The van der Waals surface area contributed by atoms with E-state index in [2.05, 4.69) is 4.99 Å². The molecule has 5 rings (SSSR count). The van der Waals surface area contributed by atoms with Gasteiger partial charge in [-0.2, -0.15) is 0 Å². The Labute approximate surface area is 230 Å². The molecule has 0 aliphatic carbocycles. The van der Waals surface area contributed by atoms with Crippen LogP contribution in [0.4, 0.5) is 0 Å². The van der Waals surface area contributed by atoms with Gasteiger partial charge in [0.15, 0.2) is 4.80 Å². The summed E-state index contributed by atoms with van der Waals surface area (Å²) in [6, 6.07) is 15.1. The minimum Gasteiger partial charge on any atom is -0.463 e. The summed E-state index contributed by atoms with van der Waals surface area (Å²) in [5.41, 5.74) is 1.97. The summed E-state index contributed by atoms with van der Waals surface area (Å²) in [6.45, 7) is 3.67. The molecule has 0 saturated heterocycles. The van der Waals surface area contributed by atoms with E-state index in [-0.39, 0.29) is 12.2 Å². The molecule has 37 heavy (non-hydrogen) atoms. The second-order valence-electron chi connectivity index (χ2n) is 8.18. The maximum Gasteiger partial charge on any atom is 0.338 e. The second-order valence-corrected chi connectivity index (χ2v) is 10.4. The lowest BCUT2D eigenvalue weighted by molar-refractivity contribution is -0.139. The van der Waals surface area contributed by atoms with Crippen LogP contribution in [0.15, 0.2) is 80.1 Å². The Kier molecular flexibility index (Phi) is 7.14. The lowest BCUT2D eigenvalue weighted by Crippen LogP contribution is -2.39. The normalized spacial score (nSPS) is 15.5. The van der Waals surface area contributed by atoms with Gasteiger partial charge in [0, 0.05) is 16.7 Å². The molecule has 4 aromatic rings. The molecule has 1 atom stereocenters. The average molecular weight is 574 g/mol. The minimum atomic E-state index is -0.710. The molecular formula is C27H19Cl3N2O4S. The van der Waals surface area contributed by atoms with E-state index in [1.54, 1.807) is 74.5 Å². The van der Waals surface area contributed by atoms with Gasteiger partial charge in [-0.05, 0) is 61.9 Å². The van der Waals surface area contributed by atoms with Gasteiger partial charge in [0.2, 0.25) is 0 Å². The quantitative estimate of drug-likeness (QED) is 0.274. The van der Waals surface area contributed by atoms with Gasteiger partial charge in [0.05, 0.1) is 38.5 Å². The van der Waals surface area contributed by atoms with Gasteiger partial charge >= 0.3 is 5.97 Å². The van der Waals surface area contributed by atoms with E-state index >= 15 is 0 Å². The first-order chi connectivity index (χ1) is 17.8. The molecule has 10 heteroatoms. The number of hydrogen-bond donors (Lipinski definition) is 0. The van der Waals surface area contributed by atoms with Gasteiger partial charge < -0.3 is 9.15 Å². The Bertz CT molecular complexity index is 1730. The molecule has 0 unspecified atom stereocenters. The molecule has 0 spiro atoms. The van der Waals surface area contributed by atoms with Crippen LogP contribution in [0.3, 0.4) is 0 Å². The summed E-state index contributed by atoms with van der Waals surface area (Å²) in [5, 5.41) is 1.41. The standard InChI is InChI=1S/C27H19Cl3N2O4S/c1-3-35-26(34)23-14(2)31-27-32(24(23)15-4-7-17(28)8-5-15)25(33)22(37-27)13-18-9-11-21(36-18)16-6-10-19(29)20(30)12-16/h4-13,24H,3H2,1-2H3/b22-13-/t24-/m0/s1. The van der Waals surface area contributed by atoms with E-state index in [1.807, 2.05) is 0 Å². The van der Waals surface area contributed by atoms with E-state index in [0.29, 0.717) is 52.8 Å². The van der Waals surface area contributed by atoms with Gasteiger partial charge in [-0.3, -0.25) is 9.36 Å². The number of aromatic nitrogens is 1. The summed E-state index contributed by atoms with van der Waals surface area (Å²) >= 11 is 19.5. The number of nitrogens with zero attached hydrogens (tertiary/aromatic N) is 2. The van der Waals surface area contributed by atoms with Crippen molar-refractivity contribution in [2.75, 3.05) is 6.61 Å². The lowest BCUT2D eigenvalue weighted by Gasteiger charge is -2.24. The monoisotopic (exact) mass is 572 g/mol. The number of carbonyl (C=O) groups is 1. The SMILES string of the molecule is CCOC(=O)C1=C(C)N=c2s/c(=C\c3ccc(-c4ccc(Cl)c(Cl)c4)o3)c(=O)n2[C@H]1c1ccc(Cl)cc1. The van der Waals surface area contributed by atoms with Gasteiger partial charge in [0.1, 0.15) is 11.5 Å². The molecule has 0 N–H and O–H groups in total. The minimum absolute atomic E-state index is 0.201. The molecule has 0 amide bonds. The number of furan rings is 1. The third kappa shape index (κ3) is 4.92. The van der Waals surface area contributed by atoms with Crippen molar-refractivity contribution < 1.29 is 13.9 Å². The van der Waals surface area contributed by atoms with Crippen LogP contribution in [-0.4, -0.2) is 17.1 Å². The molecule has 1 aliphatic heterocycles. The van der Waals surface area contributed by atoms with Gasteiger partial charge in [-0.15, -0.1) is 0 Å². The number of rotatable bonds is 5. The molecule has 3 heterocycles. The lowest BCUT2D eigenvalue weighted by atomic mass is 9.96. The number of halogens is 3. The molecule has 0 saturated carbocycles. The van der Waals surface area contributed by atoms with Crippen molar-refractivity contribution in [2.45, 2.75) is 19.9 Å². The number of thiazole rings is 1. The predicted octanol–water partition coefficient (Wildman–Crippen LogP) is 6.02. The predicted molar refractivity (Wildman–Crippen MR) is 146 cm³/mol. The van der Waals surface area contributed by atoms with Crippen LogP contribution in [0.2, 0.25) is 15.1 Å². The van der Waals surface area contributed by atoms with E-state index in [9.17, 15) is 9.59 Å². The van der Waals surface area contributed by atoms with Crippen molar-refractivity contribution in [2.24, 2.45) is 4.99 Å². The molecule has 0 fully saturated rings. The fourth-order valence-electron chi connectivity index (χ4n) is 4.12. The van der Waals surface area contributed by atoms with Crippen molar-refractivity contribution in [3.63, 3.8) is 0 Å². The molecule has 2 aromatic carbocycles.